The van der Waals surface area contributed by atoms with Crippen LogP contribution in [-0.2, 0) is 0 Å². The lowest BCUT2D eigenvalue weighted by molar-refractivity contribution is 0.0654. The monoisotopic (exact) mass is 406 g/mol. The Kier molecular flexibility index (Phi) is 8.57. The predicted molar refractivity (Wildman–Crippen MR) is 109 cm³/mol. The zero-order valence-electron chi connectivity index (χ0n) is 17.3. The summed E-state index contributed by atoms with van der Waals surface area (Å²) in [6.07, 6.45) is 0. The molecule has 0 bridgehead atoms. The van der Waals surface area contributed by atoms with Crippen LogP contribution in [0.15, 0.2) is 36.4 Å². The van der Waals surface area contributed by atoms with Crippen molar-refractivity contribution in [2.75, 3.05) is 48.3 Å². The van der Waals surface area contributed by atoms with Crippen LogP contribution in [0, 0.1) is 11.8 Å². The van der Waals surface area contributed by atoms with Crippen LogP contribution in [0.2, 0.25) is 0 Å². The molecule has 2 aromatic rings. The van der Waals surface area contributed by atoms with E-state index in [9.17, 15) is 15.3 Å². The summed E-state index contributed by atoms with van der Waals surface area (Å²) in [5.74, 6) is 0.984. The molecule has 29 heavy (non-hydrogen) atoms. The van der Waals surface area contributed by atoms with Gasteiger partial charge in [0.25, 0.3) is 0 Å². The van der Waals surface area contributed by atoms with E-state index in [4.69, 9.17) is 18.9 Å². The minimum Gasteiger partial charge on any atom is -0.493 e. The third-order valence-corrected chi connectivity index (χ3v) is 5.25. The van der Waals surface area contributed by atoms with Gasteiger partial charge < -0.3 is 34.3 Å². The van der Waals surface area contributed by atoms with E-state index in [0.29, 0.717) is 23.0 Å². The van der Waals surface area contributed by atoms with Gasteiger partial charge >= 0.3 is 0 Å². The van der Waals surface area contributed by atoms with Crippen LogP contribution >= 0.6 is 0 Å². The molecular weight excluding hydrogens is 376 g/mol. The predicted octanol–water partition coefficient (Wildman–Crippen LogP) is 2.06. The Morgan fingerprint density at radius 1 is 0.621 bits per heavy atom. The molecule has 0 aliphatic rings. The maximum Gasteiger partial charge on any atom is 0.161 e. The minimum atomic E-state index is -0.508. The van der Waals surface area contributed by atoms with E-state index in [-0.39, 0.29) is 25.7 Å². The smallest absolute Gasteiger partial charge is 0.161 e. The van der Waals surface area contributed by atoms with Gasteiger partial charge in [-0.2, -0.15) is 0 Å². The number of aliphatic hydroxyl groups is 3. The topological polar surface area (TPSA) is 97.6 Å². The number of hydrogen-bond acceptors (Lipinski definition) is 7. The Bertz CT molecular complexity index is 718. The first kappa shape index (κ1) is 22.8. The van der Waals surface area contributed by atoms with E-state index in [1.807, 2.05) is 24.3 Å². The van der Waals surface area contributed by atoms with E-state index in [2.05, 4.69) is 0 Å². The van der Waals surface area contributed by atoms with Gasteiger partial charge in [0.15, 0.2) is 23.0 Å². The average Bonchev–Trinajstić information content (AvgIpc) is 2.78. The van der Waals surface area contributed by atoms with Gasteiger partial charge in [0.05, 0.1) is 28.4 Å². The van der Waals surface area contributed by atoms with Gasteiger partial charge in [0.2, 0.25) is 0 Å². The van der Waals surface area contributed by atoms with Gasteiger partial charge in [0.1, 0.15) is 0 Å². The highest BCUT2D eigenvalue weighted by Gasteiger charge is 2.32. The molecule has 3 N–H and O–H groups in total. The van der Waals surface area contributed by atoms with E-state index in [1.165, 1.54) is 0 Å². The average molecular weight is 406 g/mol. The standard InChI is InChI=1S/C22H30O7/c1-26-18-7-5-14(9-20(18)28-3)22(17(13-25)16(11-23)12-24)15-6-8-19(27-2)21(10-15)29-4/h5-10,16-17,22-25H,11-13H2,1-4H3/t17-/m1/s1. The first-order chi connectivity index (χ1) is 14.1. The molecule has 2 aromatic carbocycles. The van der Waals surface area contributed by atoms with E-state index >= 15 is 0 Å². The van der Waals surface area contributed by atoms with Gasteiger partial charge in [-0.1, -0.05) is 12.1 Å². The van der Waals surface area contributed by atoms with Crippen LogP contribution in [0.25, 0.3) is 0 Å². The summed E-state index contributed by atoms with van der Waals surface area (Å²) in [6, 6.07) is 11.0. The molecule has 2 rings (SSSR count). The number of hydrogen-bond donors (Lipinski definition) is 3. The Morgan fingerprint density at radius 3 is 1.34 bits per heavy atom. The summed E-state index contributed by atoms with van der Waals surface area (Å²) in [5, 5.41) is 29.7. The third-order valence-electron chi connectivity index (χ3n) is 5.25. The lowest BCUT2D eigenvalue weighted by Crippen LogP contribution is -2.31. The second-order valence-electron chi connectivity index (χ2n) is 6.68. The maximum atomic E-state index is 10.2. The lowest BCUT2D eigenvalue weighted by atomic mass is 9.75. The van der Waals surface area contributed by atoms with Crippen LogP contribution in [-0.4, -0.2) is 63.6 Å². The lowest BCUT2D eigenvalue weighted by Gasteiger charge is -2.32. The highest BCUT2D eigenvalue weighted by atomic mass is 16.5. The van der Waals surface area contributed by atoms with Gasteiger partial charge in [-0.3, -0.25) is 0 Å². The summed E-state index contributed by atoms with van der Waals surface area (Å²) in [6.45, 7) is -0.725. The molecule has 0 heterocycles. The van der Waals surface area contributed by atoms with Gasteiger partial charge in [-0.05, 0) is 35.4 Å². The van der Waals surface area contributed by atoms with Crippen LogP contribution in [0.4, 0.5) is 0 Å². The maximum absolute atomic E-state index is 10.2. The second-order valence-corrected chi connectivity index (χ2v) is 6.68. The number of rotatable bonds is 11. The molecule has 0 aromatic heterocycles. The molecule has 0 spiro atoms. The number of ether oxygens (including phenoxy) is 4. The van der Waals surface area contributed by atoms with E-state index in [0.717, 1.165) is 11.1 Å². The van der Waals surface area contributed by atoms with Crippen LogP contribution in [0.5, 0.6) is 23.0 Å². The molecule has 0 fully saturated rings. The summed E-state index contributed by atoms with van der Waals surface area (Å²) < 4.78 is 21.5. The fourth-order valence-corrected chi connectivity index (χ4v) is 3.63. The van der Waals surface area contributed by atoms with E-state index in [1.54, 1.807) is 40.6 Å². The molecule has 0 aliphatic heterocycles. The minimum absolute atomic E-state index is 0.223. The van der Waals surface area contributed by atoms with Crippen molar-refractivity contribution in [2.24, 2.45) is 11.8 Å². The van der Waals surface area contributed by atoms with Crippen molar-refractivity contribution in [2.45, 2.75) is 5.92 Å². The summed E-state index contributed by atoms with van der Waals surface area (Å²) >= 11 is 0. The van der Waals surface area contributed by atoms with Gasteiger partial charge in [0, 0.05) is 37.6 Å². The van der Waals surface area contributed by atoms with Crippen LogP contribution in [0.3, 0.4) is 0 Å². The molecule has 0 saturated carbocycles. The summed E-state index contributed by atoms with van der Waals surface area (Å²) in [7, 11) is 6.24. The van der Waals surface area contributed by atoms with Gasteiger partial charge in [-0.15, -0.1) is 0 Å². The van der Waals surface area contributed by atoms with Crippen LogP contribution < -0.4 is 18.9 Å². The Hall–Kier alpha value is -2.48. The quantitative estimate of drug-likeness (QED) is 0.525. The van der Waals surface area contributed by atoms with Crippen LogP contribution in [0.1, 0.15) is 17.0 Å². The molecule has 0 saturated heterocycles. The molecule has 0 radical (unpaired) electrons. The zero-order valence-corrected chi connectivity index (χ0v) is 17.3. The first-order valence-electron chi connectivity index (χ1n) is 9.34. The molecule has 160 valence electrons. The van der Waals surface area contributed by atoms with E-state index < -0.39 is 11.8 Å². The van der Waals surface area contributed by atoms with Crippen molar-refractivity contribution in [1.29, 1.82) is 0 Å². The van der Waals surface area contributed by atoms with Gasteiger partial charge in [-0.25, -0.2) is 0 Å². The van der Waals surface area contributed by atoms with Crippen molar-refractivity contribution in [1.82, 2.24) is 0 Å². The third kappa shape index (κ3) is 4.93. The fourth-order valence-electron chi connectivity index (χ4n) is 3.63. The molecule has 7 nitrogen and oxygen atoms in total. The Balaban J connectivity index is 2.66. The number of aliphatic hydroxyl groups excluding tert-OH is 3. The molecule has 0 aliphatic carbocycles. The molecular formula is C22H30O7. The van der Waals surface area contributed by atoms with Crippen molar-refractivity contribution < 1.29 is 34.3 Å². The van der Waals surface area contributed by atoms with Crippen molar-refractivity contribution in [3.8, 4) is 23.0 Å². The number of methoxy groups -OCH3 is 4. The van der Waals surface area contributed by atoms with Crippen molar-refractivity contribution in [3.63, 3.8) is 0 Å². The number of benzene rings is 2. The largest absolute Gasteiger partial charge is 0.493 e. The highest BCUT2D eigenvalue weighted by molar-refractivity contribution is 5.50. The molecule has 7 heteroatoms. The van der Waals surface area contributed by atoms with Crippen molar-refractivity contribution in [3.05, 3.63) is 47.5 Å². The molecule has 0 amide bonds. The Morgan fingerprint density at radius 2 is 1.03 bits per heavy atom. The SMILES string of the molecule is COc1ccc(C(c2ccc(OC)c(OC)c2)[C@H](CO)C(CO)CO)cc1OC. The second kappa shape index (κ2) is 10.9. The molecule has 1 atom stereocenters. The Labute approximate surface area is 171 Å². The van der Waals surface area contributed by atoms with Crippen molar-refractivity contribution >= 4 is 0 Å². The normalized spacial score (nSPS) is 12.2. The molecule has 0 unspecified atom stereocenters. The fraction of sp³-hybridized carbons (Fsp3) is 0.455. The highest BCUT2D eigenvalue weighted by Crippen LogP contribution is 2.42. The first-order valence-corrected chi connectivity index (χ1v) is 9.34. The summed E-state index contributed by atoms with van der Waals surface area (Å²) in [5.41, 5.74) is 1.70. The summed E-state index contributed by atoms with van der Waals surface area (Å²) in [4.78, 5) is 0. The zero-order chi connectivity index (χ0) is 21.4.